The number of rotatable bonds is 1. The molecule has 0 amide bonds. The Hall–Kier alpha value is -2.75. The van der Waals surface area contributed by atoms with E-state index in [1.165, 1.54) is 12.1 Å². The van der Waals surface area contributed by atoms with Crippen LogP contribution >= 0.6 is 0 Å². The van der Waals surface area contributed by atoms with E-state index in [9.17, 15) is 14.0 Å². The molecule has 0 aliphatic heterocycles. The minimum atomic E-state index is -0.851. The summed E-state index contributed by atoms with van der Waals surface area (Å²) in [5.74, 6) is -0.466. The molecule has 0 bridgehead atoms. The number of nitrogens with zero attached hydrogens (tertiary/aromatic N) is 3. The second-order valence-electron chi connectivity index (χ2n) is 3.11. The molecular formula is C10H5FN4O2. The Balaban J connectivity index is 2.68. The normalized spacial score (nSPS) is 9.88. The monoisotopic (exact) mass is 232 g/mol. The smallest absolute Gasteiger partial charge is 0.270 e. The molecule has 2 aromatic rings. The Morgan fingerprint density at radius 1 is 1.29 bits per heavy atom. The van der Waals surface area contributed by atoms with E-state index >= 15 is 0 Å². The summed E-state index contributed by atoms with van der Waals surface area (Å²) in [6, 6.07) is 6.45. The fraction of sp³-hybridized carbons (Fsp3) is 0. The third-order valence-corrected chi connectivity index (χ3v) is 2.01. The van der Waals surface area contributed by atoms with Crippen LogP contribution in [-0.4, -0.2) is 14.8 Å². The van der Waals surface area contributed by atoms with Gasteiger partial charge in [-0.2, -0.15) is 9.94 Å². The van der Waals surface area contributed by atoms with Crippen molar-refractivity contribution in [2.45, 2.75) is 0 Å². The molecule has 1 N–H and O–H groups in total. The van der Waals surface area contributed by atoms with Gasteiger partial charge >= 0.3 is 5.69 Å². The Bertz CT molecular complexity index is 709. The number of hydrogen-bond donors (Lipinski definition) is 1. The summed E-state index contributed by atoms with van der Waals surface area (Å²) < 4.78 is 13.5. The van der Waals surface area contributed by atoms with Gasteiger partial charge in [-0.1, -0.05) is 0 Å². The SMILES string of the molecule is N#Cc1nn(-c2ccc(F)cc2)c(=O)[nH]c1=O. The van der Waals surface area contributed by atoms with E-state index in [1.54, 1.807) is 6.07 Å². The van der Waals surface area contributed by atoms with Crippen molar-refractivity contribution in [2.24, 2.45) is 0 Å². The van der Waals surface area contributed by atoms with E-state index in [0.29, 0.717) is 0 Å². The Kier molecular flexibility index (Phi) is 2.54. The zero-order chi connectivity index (χ0) is 12.4. The number of hydrogen-bond acceptors (Lipinski definition) is 4. The highest BCUT2D eigenvalue weighted by atomic mass is 19.1. The second-order valence-corrected chi connectivity index (χ2v) is 3.11. The number of halogens is 1. The molecular weight excluding hydrogens is 227 g/mol. The van der Waals surface area contributed by atoms with Crippen molar-refractivity contribution in [1.29, 1.82) is 5.26 Å². The zero-order valence-corrected chi connectivity index (χ0v) is 8.35. The molecule has 1 aromatic carbocycles. The molecule has 0 atom stereocenters. The average Bonchev–Trinajstić information content (AvgIpc) is 2.31. The third-order valence-electron chi connectivity index (χ3n) is 2.01. The van der Waals surface area contributed by atoms with E-state index in [4.69, 9.17) is 5.26 Å². The highest BCUT2D eigenvalue weighted by Crippen LogP contribution is 2.04. The summed E-state index contributed by atoms with van der Waals surface area (Å²) >= 11 is 0. The van der Waals surface area contributed by atoms with Gasteiger partial charge < -0.3 is 0 Å². The maximum atomic E-state index is 12.7. The summed E-state index contributed by atoms with van der Waals surface area (Å²) in [7, 11) is 0. The molecule has 7 heteroatoms. The van der Waals surface area contributed by atoms with Crippen molar-refractivity contribution in [3.05, 3.63) is 56.6 Å². The molecule has 2 rings (SSSR count). The maximum Gasteiger partial charge on any atom is 0.349 e. The zero-order valence-electron chi connectivity index (χ0n) is 8.35. The van der Waals surface area contributed by atoms with Crippen molar-refractivity contribution in [3.63, 3.8) is 0 Å². The van der Waals surface area contributed by atoms with Crippen molar-refractivity contribution in [3.8, 4) is 11.8 Å². The number of aromatic amines is 1. The Labute approximate surface area is 93.6 Å². The predicted octanol–water partition coefficient (Wildman–Crippen LogP) is -0.0684. The van der Waals surface area contributed by atoms with Gasteiger partial charge in [0.1, 0.15) is 11.9 Å². The van der Waals surface area contributed by atoms with Gasteiger partial charge in [0.2, 0.25) is 5.69 Å². The molecule has 1 heterocycles. The van der Waals surface area contributed by atoms with Crippen LogP contribution in [0.5, 0.6) is 0 Å². The first-order chi connectivity index (χ1) is 8.11. The van der Waals surface area contributed by atoms with Gasteiger partial charge in [0.05, 0.1) is 5.69 Å². The first kappa shape index (κ1) is 10.8. The van der Waals surface area contributed by atoms with Crippen molar-refractivity contribution in [1.82, 2.24) is 14.8 Å². The molecule has 6 nitrogen and oxygen atoms in total. The topological polar surface area (TPSA) is 91.5 Å². The molecule has 0 radical (unpaired) electrons. The van der Waals surface area contributed by atoms with Gasteiger partial charge in [-0.3, -0.25) is 9.78 Å². The molecule has 0 saturated carbocycles. The molecule has 0 aliphatic rings. The van der Waals surface area contributed by atoms with Crippen LogP contribution in [0.4, 0.5) is 4.39 Å². The van der Waals surface area contributed by atoms with Crippen LogP contribution in [0.3, 0.4) is 0 Å². The number of H-pyrrole nitrogens is 1. The fourth-order valence-corrected chi connectivity index (χ4v) is 1.23. The van der Waals surface area contributed by atoms with Gasteiger partial charge in [-0.15, -0.1) is 5.10 Å². The number of nitrogens with one attached hydrogen (secondary N) is 1. The Morgan fingerprint density at radius 2 is 1.94 bits per heavy atom. The third kappa shape index (κ3) is 1.96. The molecule has 0 unspecified atom stereocenters. The van der Waals surface area contributed by atoms with E-state index in [1.807, 2.05) is 4.98 Å². The lowest BCUT2D eigenvalue weighted by Crippen LogP contribution is -2.33. The van der Waals surface area contributed by atoms with Crippen LogP contribution in [0.25, 0.3) is 5.69 Å². The first-order valence-corrected chi connectivity index (χ1v) is 4.51. The van der Waals surface area contributed by atoms with Crippen LogP contribution < -0.4 is 11.2 Å². The molecule has 17 heavy (non-hydrogen) atoms. The highest BCUT2D eigenvalue weighted by Gasteiger charge is 2.07. The van der Waals surface area contributed by atoms with E-state index in [0.717, 1.165) is 16.8 Å². The standard InChI is InChI=1S/C10H5FN4O2/c11-6-1-3-7(4-2-6)15-10(17)13-9(16)8(5-12)14-15/h1-4H,(H,13,16,17). The van der Waals surface area contributed by atoms with Crippen LogP contribution in [0.15, 0.2) is 33.9 Å². The van der Waals surface area contributed by atoms with Crippen molar-refractivity contribution in [2.75, 3.05) is 0 Å². The quantitative estimate of drug-likeness (QED) is 0.745. The molecule has 84 valence electrons. The summed E-state index contributed by atoms with van der Waals surface area (Å²) in [5.41, 5.74) is -1.82. The average molecular weight is 232 g/mol. The van der Waals surface area contributed by atoms with Crippen LogP contribution in [0.1, 0.15) is 5.69 Å². The van der Waals surface area contributed by atoms with E-state index < -0.39 is 22.8 Å². The minimum Gasteiger partial charge on any atom is -0.270 e. The van der Waals surface area contributed by atoms with E-state index in [-0.39, 0.29) is 5.69 Å². The lowest BCUT2D eigenvalue weighted by Gasteiger charge is -2.02. The van der Waals surface area contributed by atoms with E-state index in [2.05, 4.69) is 5.10 Å². The fourth-order valence-electron chi connectivity index (χ4n) is 1.23. The second kappa shape index (κ2) is 4.02. The first-order valence-electron chi connectivity index (χ1n) is 4.51. The number of aromatic nitrogens is 3. The highest BCUT2D eigenvalue weighted by molar-refractivity contribution is 5.30. The predicted molar refractivity (Wildman–Crippen MR) is 55.1 cm³/mol. The van der Waals surface area contributed by atoms with Gasteiger partial charge in [0.25, 0.3) is 5.56 Å². The van der Waals surface area contributed by atoms with Gasteiger partial charge in [-0.05, 0) is 24.3 Å². The summed E-state index contributed by atoms with van der Waals surface area (Å²) in [6.45, 7) is 0. The van der Waals surface area contributed by atoms with Crippen LogP contribution in [0, 0.1) is 17.1 Å². The lowest BCUT2D eigenvalue weighted by molar-refractivity contribution is 0.626. The maximum absolute atomic E-state index is 12.7. The minimum absolute atomic E-state index is 0.254. The molecule has 0 saturated heterocycles. The van der Waals surface area contributed by atoms with Crippen molar-refractivity contribution < 1.29 is 4.39 Å². The van der Waals surface area contributed by atoms with Gasteiger partial charge in [0.15, 0.2) is 0 Å². The van der Waals surface area contributed by atoms with Crippen molar-refractivity contribution >= 4 is 0 Å². The van der Waals surface area contributed by atoms with Gasteiger partial charge in [-0.25, -0.2) is 9.18 Å². The summed E-state index contributed by atoms with van der Waals surface area (Å²) in [5, 5.41) is 12.2. The largest absolute Gasteiger partial charge is 0.349 e. The summed E-state index contributed by atoms with van der Waals surface area (Å²) in [6.07, 6.45) is 0. The molecule has 1 aromatic heterocycles. The van der Waals surface area contributed by atoms with Gasteiger partial charge in [0, 0.05) is 0 Å². The molecule has 0 fully saturated rings. The summed E-state index contributed by atoms with van der Waals surface area (Å²) in [4.78, 5) is 24.5. The van der Waals surface area contributed by atoms with Crippen LogP contribution in [0.2, 0.25) is 0 Å². The Morgan fingerprint density at radius 3 is 2.53 bits per heavy atom. The lowest BCUT2D eigenvalue weighted by atomic mass is 10.3. The molecule has 0 spiro atoms. The molecule has 0 aliphatic carbocycles. The number of nitriles is 1. The number of benzene rings is 1. The van der Waals surface area contributed by atoms with Crippen LogP contribution in [-0.2, 0) is 0 Å².